The van der Waals surface area contributed by atoms with E-state index in [1.807, 2.05) is 32.3 Å². The minimum Gasteiger partial charge on any atom is -0.505 e. The lowest BCUT2D eigenvalue weighted by atomic mass is 10.1. The number of nitrogens with zero attached hydrogens (tertiary/aromatic N) is 1. The van der Waals surface area contributed by atoms with Crippen molar-refractivity contribution in [3.63, 3.8) is 0 Å². The standard InChI is InChI=1S/C17H21FN2O/c1-20(2)12-16(13-7-4-3-5-8-13)19-11-14-9-6-10-15(18)17(14)21/h3-10,16,19,21H,11-12H2,1-2H3. The van der Waals surface area contributed by atoms with Gasteiger partial charge in [0.25, 0.3) is 0 Å². The molecule has 0 aromatic heterocycles. The molecule has 4 heteroatoms. The number of hydrogen-bond donors (Lipinski definition) is 2. The number of benzene rings is 2. The van der Waals surface area contributed by atoms with Crippen LogP contribution in [0.5, 0.6) is 5.75 Å². The molecule has 0 fully saturated rings. The Balaban J connectivity index is 2.11. The Morgan fingerprint density at radius 3 is 2.48 bits per heavy atom. The summed E-state index contributed by atoms with van der Waals surface area (Å²) in [5.74, 6) is -0.861. The molecule has 2 rings (SSSR count). The molecule has 0 spiro atoms. The second-order valence-corrected chi connectivity index (χ2v) is 5.35. The average molecular weight is 288 g/mol. The van der Waals surface area contributed by atoms with Crippen molar-refractivity contribution in [3.05, 3.63) is 65.5 Å². The van der Waals surface area contributed by atoms with E-state index in [2.05, 4.69) is 22.3 Å². The summed E-state index contributed by atoms with van der Waals surface area (Å²) < 4.78 is 13.4. The number of hydrogen-bond acceptors (Lipinski definition) is 3. The van der Waals surface area contributed by atoms with Crippen molar-refractivity contribution in [1.82, 2.24) is 10.2 Å². The second-order valence-electron chi connectivity index (χ2n) is 5.35. The maximum Gasteiger partial charge on any atom is 0.165 e. The van der Waals surface area contributed by atoms with Crippen LogP contribution in [0.1, 0.15) is 17.2 Å². The lowest BCUT2D eigenvalue weighted by Crippen LogP contribution is -2.30. The van der Waals surface area contributed by atoms with Gasteiger partial charge in [0, 0.05) is 24.7 Å². The fraction of sp³-hybridized carbons (Fsp3) is 0.294. The third-order valence-corrected chi connectivity index (χ3v) is 3.36. The molecule has 0 heterocycles. The quantitative estimate of drug-likeness (QED) is 0.858. The fourth-order valence-electron chi connectivity index (χ4n) is 2.27. The minimum atomic E-state index is -0.585. The highest BCUT2D eigenvalue weighted by Gasteiger charge is 2.13. The Labute approximate surface area is 125 Å². The van der Waals surface area contributed by atoms with Gasteiger partial charge in [0.05, 0.1) is 0 Å². The highest BCUT2D eigenvalue weighted by molar-refractivity contribution is 5.33. The number of aromatic hydroxyl groups is 1. The van der Waals surface area contributed by atoms with Crippen LogP contribution in [0.25, 0.3) is 0 Å². The van der Waals surface area contributed by atoms with Gasteiger partial charge in [-0.05, 0) is 25.7 Å². The van der Waals surface area contributed by atoms with E-state index in [1.165, 1.54) is 11.6 Å². The monoisotopic (exact) mass is 288 g/mol. The van der Waals surface area contributed by atoms with E-state index >= 15 is 0 Å². The predicted molar refractivity (Wildman–Crippen MR) is 82.6 cm³/mol. The van der Waals surface area contributed by atoms with Crippen LogP contribution < -0.4 is 5.32 Å². The number of phenolic OH excluding ortho intramolecular Hbond substituents is 1. The molecular weight excluding hydrogens is 267 g/mol. The van der Waals surface area contributed by atoms with Gasteiger partial charge < -0.3 is 15.3 Å². The smallest absolute Gasteiger partial charge is 0.165 e. The first-order chi connectivity index (χ1) is 10.1. The molecule has 112 valence electrons. The van der Waals surface area contributed by atoms with E-state index in [-0.39, 0.29) is 11.8 Å². The third kappa shape index (κ3) is 4.28. The van der Waals surface area contributed by atoms with Gasteiger partial charge in [-0.25, -0.2) is 4.39 Å². The number of likely N-dealkylation sites (N-methyl/N-ethyl adjacent to an activating group) is 1. The molecule has 0 radical (unpaired) electrons. The van der Waals surface area contributed by atoms with Crippen molar-refractivity contribution in [2.75, 3.05) is 20.6 Å². The predicted octanol–water partition coefficient (Wildman–Crippen LogP) is 2.92. The summed E-state index contributed by atoms with van der Waals surface area (Å²) in [5.41, 5.74) is 1.73. The van der Waals surface area contributed by atoms with Crippen LogP contribution in [0.4, 0.5) is 4.39 Å². The number of nitrogens with one attached hydrogen (secondary N) is 1. The van der Waals surface area contributed by atoms with Crippen LogP contribution >= 0.6 is 0 Å². The zero-order valence-corrected chi connectivity index (χ0v) is 12.4. The average Bonchev–Trinajstić information content (AvgIpc) is 2.48. The van der Waals surface area contributed by atoms with Gasteiger partial charge in [-0.2, -0.15) is 0 Å². The van der Waals surface area contributed by atoms with Crippen LogP contribution in [0.15, 0.2) is 48.5 Å². The first kappa shape index (κ1) is 15.5. The zero-order valence-electron chi connectivity index (χ0n) is 12.4. The summed E-state index contributed by atoms with van der Waals surface area (Å²) in [7, 11) is 4.02. The molecule has 0 amide bonds. The molecule has 21 heavy (non-hydrogen) atoms. The summed E-state index contributed by atoms with van der Waals surface area (Å²) >= 11 is 0. The van der Waals surface area contributed by atoms with Gasteiger partial charge in [-0.15, -0.1) is 0 Å². The first-order valence-electron chi connectivity index (χ1n) is 6.97. The van der Waals surface area contributed by atoms with E-state index in [9.17, 15) is 9.50 Å². The number of rotatable bonds is 6. The van der Waals surface area contributed by atoms with Crippen molar-refractivity contribution in [3.8, 4) is 5.75 Å². The van der Waals surface area contributed by atoms with E-state index in [1.54, 1.807) is 12.1 Å². The van der Waals surface area contributed by atoms with Gasteiger partial charge >= 0.3 is 0 Å². The van der Waals surface area contributed by atoms with E-state index in [4.69, 9.17) is 0 Å². The third-order valence-electron chi connectivity index (χ3n) is 3.36. The summed E-state index contributed by atoms with van der Waals surface area (Å²) in [6, 6.07) is 14.8. The molecule has 0 bridgehead atoms. The van der Waals surface area contributed by atoms with Crippen LogP contribution in [0.3, 0.4) is 0 Å². The van der Waals surface area contributed by atoms with Crippen LogP contribution in [-0.2, 0) is 6.54 Å². The highest BCUT2D eigenvalue weighted by Crippen LogP contribution is 2.22. The van der Waals surface area contributed by atoms with Crippen molar-refractivity contribution >= 4 is 0 Å². The van der Waals surface area contributed by atoms with Crippen LogP contribution in [-0.4, -0.2) is 30.6 Å². The molecule has 2 aromatic rings. The van der Waals surface area contributed by atoms with Gasteiger partial charge in [-0.3, -0.25) is 0 Å². The summed E-state index contributed by atoms with van der Waals surface area (Å²) in [5, 5.41) is 13.1. The Bertz CT molecular complexity index is 572. The second kappa shape index (κ2) is 7.20. The molecule has 2 aromatic carbocycles. The van der Waals surface area contributed by atoms with Gasteiger partial charge in [0.15, 0.2) is 11.6 Å². The normalized spacial score (nSPS) is 12.6. The maximum absolute atomic E-state index is 13.4. The van der Waals surface area contributed by atoms with E-state index in [0.717, 1.165) is 6.54 Å². The molecule has 0 aliphatic carbocycles. The van der Waals surface area contributed by atoms with E-state index in [0.29, 0.717) is 12.1 Å². The summed E-state index contributed by atoms with van der Waals surface area (Å²) in [6.45, 7) is 1.23. The maximum atomic E-state index is 13.4. The lowest BCUT2D eigenvalue weighted by molar-refractivity contribution is 0.338. The zero-order chi connectivity index (χ0) is 15.2. The number of phenols is 1. The van der Waals surface area contributed by atoms with Crippen molar-refractivity contribution in [2.24, 2.45) is 0 Å². The van der Waals surface area contributed by atoms with Crippen molar-refractivity contribution in [2.45, 2.75) is 12.6 Å². The first-order valence-corrected chi connectivity index (χ1v) is 6.97. The molecule has 0 aliphatic rings. The molecule has 0 aliphatic heterocycles. The Hall–Kier alpha value is -1.91. The molecule has 2 N–H and O–H groups in total. The van der Waals surface area contributed by atoms with Gasteiger partial charge in [0.1, 0.15) is 0 Å². The Morgan fingerprint density at radius 1 is 1.10 bits per heavy atom. The van der Waals surface area contributed by atoms with E-state index < -0.39 is 5.82 Å². The summed E-state index contributed by atoms with van der Waals surface area (Å²) in [6.07, 6.45) is 0. The minimum absolute atomic E-state index is 0.115. The summed E-state index contributed by atoms with van der Waals surface area (Å²) in [4.78, 5) is 2.09. The number of para-hydroxylation sites is 1. The lowest BCUT2D eigenvalue weighted by Gasteiger charge is -2.23. The topological polar surface area (TPSA) is 35.5 Å². The molecule has 0 saturated heterocycles. The van der Waals surface area contributed by atoms with Crippen molar-refractivity contribution < 1.29 is 9.50 Å². The SMILES string of the molecule is CN(C)CC(NCc1cccc(F)c1O)c1ccccc1. The molecule has 1 unspecified atom stereocenters. The highest BCUT2D eigenvalue weighted by atomic mass is 19.1. The Morgan fingerprint density at radius 2 is 1.81 bits per heavy atom. The largest absolute Gasteiger partial charge is 0.505 e. The van der Waals surface area contributed by atoms with Crippen LogP contribution in [0.2, 0.25) is 0 Å². The molecule has 3 nitrogen and oxygen atoms in total. The Kier molecular flexibility index (Phi) is 5.31. The van der Waals surface area contributed by atoms with Crippen LogP contribution in [0, 0.1) is 5.82 Å². The fourth-order valence-corrected chi connectivity index (χ4v) is 2.27. The molecular formula is C17H21FN2O. The molecule has 0 saturated carbocycles. The van der Waals surface area contributed by atoms with Crippen molar-refractivity contribution in [1.29, 1.82) is 0 Å². The van der Waals surface area contributed by atoms with Gasteiger partial charge in [0.2, 0.25) is 0 Å². The number of halogens is 1. The van der Waals surface area contributed by atoms with Gasteiger partial charge in [-0.1, -0.05) is 42.5 Å². The molecule has 1 atom stereocenters.